The number of aromatic nitrogens is 3. The average Bonchev–Trinajstić information content (AvgIpc) is 3.56. The van der Waals surface area contributed by atoms with Crippen LogP contribution in [0, 0.1) is 12.8 Å². The van der Waals surface area contributed by atoms with Gasteiger partial charge in [-0.25, -0.2) is 9.67 Å². The van der Waals surface area contributed by atoms with E-state index in [1.807, 2.05) is 48.3 Å². The molecular formula is C28H31N3O3. The van der Waals surface area contributed by atoms with Crippen molar-refractivity contribution in [1.82, 2.24) is 14.8 Å². The number of nitrogens with zero attached hydrogens (tertiary/aromatic N) is 3. The molecule has 0 amide bonds. The van der Waals surface area contributed by atoms with Crippen LogP contribution in [0.3, 0.4) is 0 Å². The first-order valence-electron chi connectivity index (χ1n) is 11.5. The van der Waals surface area contributed by atoms with E-state index in [1.54, 1.807) is 14.2 Å². The van der Waals surface area contributed by atoms with Gasteiger partial charge < -0.3 is 14.2 Å². The Kier molecular flexibility index (Phi) is 7.60. The smallest absolute Gasteiger partial charge is 0.212 e. The van der Waals surface area contributed by atoms with Gasteiger partial charge in [0.2, 0.25) is 5.88 Å². The van der Waals surface area contributed by atoms with Gasteiger partial charge in [-0.1, -0.05) is 19.1 Å². The quantitative estimate of drug-likeness (QED) is 0.370. The second-order valence-corrected chi connectivity index (χ2v) is 8.42. The molecule has 5 rings (SSSR count). The van der Waals surface area contributed by atoms with Crippen LogP contribution in [0.15, 0.2) is 73.1 Å². The number of hydrogen-bond acceptors (Lipinski definition) is 5. The molecule has 1 atom stereocenters. The number of pyridine rings is 1. The van der Waals surface area contributed by atoms with Gasteiger partial charge >= 0.3 is 0 Å². The van der Waals surface area contributed by atoms with Gasteiger partial charge in [0.1, 0.15) is 5.75 Å². The predicted molar refractivity (Wildman–Crippen MR) is 135 cm³/mol. The van der Waals surface area contributed by atoms with Crippen molar-refractivity contribution in [3.05, 3.63) is 78.6 Å². The standard InChI is InChI=1S/C23H21N3O2.C5H10O/c1-16-14-18(6-10-22(16)27-2)21-12-13-25-26(21)20-8-4-17(5-9-20)19-7-11-23(28-3)24-15-19;1-5-2-3-6-4-5/h4-15H,1-3H3;5H,2-4H2,1H3. The van der Waals surface area contributed by atoms with Gasteiger partial charge in [0.15, 0.2) is 0 Å². The molecule has 1 unspecified atom stereocenters. The highest BCUT2D eigenvalue weighted by atomic mass is 16.5. The highest BCUT2D eigenvalue weighted by Crippen LogP contribution is 2.28. The summed E-state index contributed by atoms with van der Waals surface area (Å²) in [5.74, 6) is 2.31. The maximum atomic E-state index is 5.37. The highest BCUT2D eigenvalue weighted by Gasteiger charge is 2.10. The molecule has 0 N–H and O–H groups in total. The van der Waals surface area contributed by atoms with E-state index in [0.717, 1.165) is 58.5 Å². The van der Waals surface area contributed by atoms with Crippen molar-refractivity contribution >= 4 is 0 Å². The van der Waals surface area contributed by atoms with E-state index in [2.05, 4.69) is 53.4 Å². The van der Waals surface area contributed by atoms with Crippen molar-refractivity contribution in [1.29, 1.82) is 0 Å². The summed E-state index contributed by atoms with van der Waals surface area (Å²) in [7, 11) is 3.30. The van der Waals surface area contributed by atoms with E-state index in [-0.39, 0.29) is 0 Å². The lowest BCUT2D eigenvalue weighted by molar-refractivity contribution is 0.188. The van der Waals surface area contributed by atoms with Crippen LogP contribution in [-0.2, 0) is 4.74 Å². The Morgan fingerprint density at radius 1 is 0.912 bits per heavy atom. The van der Waals surface area contributed by atoms with Gasteiger partial charge in [0.25, 0.3) is 0 Å². The van der Waals surface area contributed by atoms with E-state index in [9.17, 15) is 0 Å². The molecule has 176 valence electrons. The number of aryl methyl sites for hydroxylation is 1. The van der Waals surface area contributed by atoms with E-state index in [4.69, 9.17) is 14.2 Å². The van der Waals surface area contributed by atoms with Crippen molar-refractivity contribution in [2.75, 3.05) is 27.4 Å². The lowest BCUT2D eigenvalue weighted by atomic mass is 10.1. The molecule has 1 aliphatic rings. The zero-order valence-electron chi connectivity index (χ0n) is 20.2. The first-order chi connectivity index (χ1) is 16.6. The molecule has 6 heteroatoms. The number of rotatable bonds is 5. The van der Waals surface area contributed by atoms with Crippen LogP contribution in [0.2, 0.25) is 0 Å². The van der Waals surface area contributed by atoms with Gasteiger partial charge in [-0.15, -0.1) is 0 Å². The largest absolute Gasteiger partial charge is 0.496 e. The predicted octanol–water partition coefficient (Wildman–Crippen LogP) is 5.97. The lowest BCUT2D eigenvalue weighted by Gasteiger charge is -2.11. The third-order valence-corrected chi connectivity index (χ3v) is 5.88. The van der Waals surface area contributed by atoms with Crippen molar-refractivity contribution in [2.24, 2.45) is 5.92 Å². The van der Waals surface area contributed by atoms with Gasteiger partial charge in [0, 0.05) is 36.6 Å². The molecule has 0 spiro atoms. The lowest BCUT2D eigenvalue weighted by Crippen LogP contribution is -1.99. The monoisotopic (exact) mass is 457 g/mol. The van der Waals surface area contributed by atoms with E-state index in [1.165, 1.54) is 6.42 Å². The first kappa shape index (κ1) is 23.5. The van der Waals surface area contributed by atoms with E-state index in [0.29, 0.717) is 5.88 Å². The molecule has 2 aromatic heterocycles. The molecule has 2 aromatic carbocycles. The fourth-order valence-electron chi connectivity index (χ4n) is 3.88. The molecule has 0 saturated carbocycles. The Hall–Kier alpha value is -3.64. The molecule has 0 bridgehead atoms. The van der Waals surface area contributed by atoms with Crippen LogP contribution < -0.4 is 9.47 Å². The normalized spacial score (nSPS) is 14.9. The number of benzene rings is 2. The summed E-state index contributed by atoms with van der Waals surface area (Å²) >= 11 is 0. The van der Waals surface area contributed by atoms with Crippen molar-refractivity contribution < 1.29 is 14.2 Å². The third kappa shape index (κ3) is 5.46. The highest BCUT2D eigenvalue weighted by molar-refractivity contribution is 5.67. The zero-order chi connectivity index (χ0) is 23.9. The Morgan fingerprint density at radius 2 is 1.68 bits per heavy atom. The second kappa shape index (κ2) is 11.0. The summed E-state index contributed by atoms with van der Waals surface area (Å²) in [6.07, 6.45) is 4.89. The Labute approximate surface area is 201 Å². The molecule has 3 heterocycles. The first-order valence-corrected chi connectivity index (χ1v) is 11.5. The fraction of sp³-hybridized carbons (Fsp3) is 0.286. The fourth-order valence-corrected chi connectivity index (χ4v) is 3.88. The summed E-state index contributed by atoms with van der Waals surface area (Å²) < 4.78 is 17.5. The van der Waals surface area contributed by atoms with Crippen molar-refractivity contribution in [2.45, 2.75) is 20.3 Å². The number of methoxy groups -OCH3 is 2. The average molecular weight is 458 g/mol. The van der Waals surface area contributed by atoms with Crippen LogP contribution in [0.1, 0.15) is 18.9 Å². The van der Waals surface area contributed by atoms with Gasteiger partial charge in [0.05, 0.1) is 31.8 Å². The summed E-state index contributed by atoms with van der Waals surface area (Å²) in [6, 6.07) is 20.3. The van der Waals surface area contributed by atoms with Crippen molar-refractivity contribution in [3.8, 4) is 39.7 Å². The van der Waals surface area contributed by atoms with Crippen LogP contribution in [0.5, 0.6) is 11.6 Å². The molecular weight excluding hydrogens is 426 g/mol. The summed E-state index contributed by atoms with van der Waals surface area (Å²) in [5, 5.41) is 4.52. The van der Waals surface area contributed by atoms with Crippen LogP contribution in [-0.4, -0.2) is 42.2 Å². The minimum absolute atomic E-state index is 0.608. The van der Waals surface area contributed by atoms with Crippen LogP contribution in [0.4, 0.5) is 0 Å². The van der Waals surface area contributed by atoms with E-state index < -0.39 is 0 Å². The molecule has 4 aromatic rings. The Morgan fingerprint density at radius 3 is 2.24 bits per heavy atom. The van der Waals surface area contributed by atoms with E-state index >= 15 is 0 Å². The van der Waals surface area contributed by atoms with Crippen LogP contribution in [0.25, 0.3) is 28.1 Å². The summed E-state index contributed by atoms with van der Waals surface area (Å²) in [5.41, 5.74) is 6.35. The van der Waals surface area contributed by atoms with Crippen LogP contribution >= 0.6 is 0 Å². The molecule has 0 aliphatic carbocycles. The zero-order valence-corrected chi connectivity index (χ0v) is 20.2. The Bertz CT molecular complexity index is 1190. The molecule has 34 heavy (non-hydrogen) atoms. The molecule has 1 saturated heterocycles. The summed E-state index contributed by atoms with van der Waals surface area (Å²) in [4.78, 5) is 4.27. The number of hydrogen-bond donors (Lipinski definition) is 0. The molecule has 6 nitrogen and oxygen atoms in total. The molecule has 1 fully saturated rings. The molecule has 0 radical (unpaired) electrons. The summed E-state index contributed by atoms with van der Waals surface area (Å²) in [6.45, 7) is 6.23. The topological polar surface area (TPSA) is 58.4 Å². The van der Waals surface area contributed by atoms with Gasteiger partial charge in [-0.2, -0.15) is 5.10 Å². The minimum Gasteiger partial charge on any atom is -0.496 e. The second-order valence-electron chi connectivity index (χ2n) is 8.42. The van der Waals surface area contributed by atoms with Gasteiger partial charge in [-0.05, 0) is 72.9 Å². The number of ether oxygens (including phenoxy) is 3. The van der Waals surface area contributed by atoms with Gasteiger partial charge in [-0.3, -0.25) is 0 Å². The SMILES string of the molecule is CC1CCOC1.COc1ccc(-c2ccc(-n3nccc3-c3ccc(OC)c(C)c3)cc2)cn1. The third-order valence-electron chi connectivity index (χ3n) is 5.88. The minimum atomic E-state index is 0.608. The maximum Gasteiger partial charge on any atom is 0.212 e. The van der Waals surface area contributed by atoms with Crippen molar-refractivity contribution in [3.63, 3.8) is 0 Å². The molecule has 1 aliphatic heterocycles. The maximum absolute atomic E-state index is 5.37. The Balaban J connectivity index is 0.000000398.